The van der Waals surface area contributed by atoms with Gasteiger partial charge in [0.15, 0.2) is 5.13 Å². The van der Waals surface area contributed by atoms with Gasteiger partial charge in [0.1, 0.15) is 11.2 Å². The van der Waals surface area contributed by atoms with Gasteiger partial charge >= 0.3 is 6.09 Å². The van der Waals surface area contributed by atoms with Crippen molar-refractivity contribution in [3.63, 3.8) is 0 Å². The normalized spacial score (nSPS) is 19.3. The molecule has 2 aliphatic rings. The summed E-state index contributed by atoms with van der Waals surface area (Å²) in [5, 5.41) is 32.2. The van der Waals surface area contributed by atoms with E-state index in [1.807, 2.05) is 11.0 Å². The third-order valence-electron chi connectivity index (χ3n) is 8.24. The lowest BCUT2D eigenvalue weighted by atomic mass is 9.68. The van der Waals surface area contributed by atoms with Crippen molar-refractivity contribution in [2.24, 2.45) is 0 Å². The topological polar surface area (TPSA) is 168 Å². The summed E-state index contributed by atoms with van der Waals surface area (Å²) < 4.78 is 35.5. The van der Waals surface area contributed by atoms with Crippen LogP contribution in [0, 0.1) is 22.7 Å². The van der Waals surface area contributed by atoms with Crippen LogP contribution in [0.1, 0.15) is 29.2 Å². The van der Waals surface area contributed by atoms with Crippen molar-refractivity contribution in [1.82, 2.24) is 9.88 Å². The Hall–Kier alpha value is -5.44. The van der Waals surface area contributed by atoms with E-state index >= 15 is 4.79 Å². The summed E-state index contributed by atoms with van der Waals surface area (Å²) >= 11 is 1.35. The van der Waals surface area contributed by atoms with Crippen molar-refractivity contribution in [3.8, 4) is 17.9 Å². The summed E-state index contributed by atoms with van der Waals surface area (Å²) in [6, 6.07) is 18.9. The maximum absolute atomic E-state index is 15.3. The number of carboxylic acid groups (broad SMARTS) is 1. The van der Waals surface area contributed by atoms with Gasteiger partial charge in [0.2, 0.25) is 0 Å². The van der Waals surface area contributed by atoms with Crippen LogP contribution in [0.3, 0.4) is 0 Å². The molecule has 4 aromatic rings. The monoisotopic (exact) mass is 654 g/mol. The van der Waals surface area contributed by atoms with E-state index in [1.54, 1.807) is 42.8 Å². The molecular formula is C32H26N6O6S2. The number of amides is 2. The molecule has 2 atom stereocenters. The minimum Gasteiger partial charge on any atom is -0.494 e. The zero-order valence-corrected chi connectivity index (χ0v) is 26.0. The average molecular weight is 655 g/mol. The van der Waals surface area contributed by atoms with E-state index in [0.717, 1.165) is 4.90 Å². The number of sulfonamides is 1. The van der Waals surface area contributed by atoms with Gasteiger partial charge in [-0.25, -0.2) is 22.5 Å². The zero-order valence-electron chi connectivity index (χ0n) is 24.4. The van der Waals surface area contributed by atoms with Gasteiger partial charge < -0.3 is 19.6 Å². The predicted molar refractivity (Wildman–Crippen MR) is 168 cm³/mol. The molecule has 0 spiro atoms. The first kappa shape index (κ1) is 30.6. The summed E-state index contributed by atoms with van der Waals surface area (Å²) in [7, 11) is -4.62. The fourth-order valence-electron chi connectivity index (χ4n) is 6.29. The summed E-state index contributed by atoms with van der Waals surface area (Å²) in [4.78, 5) is 35.5. The number of aromatic nitrogens is 1. The quantitative estimate of drug-likeness (QED) is 0.305. The van der Waals surface area contributed by atoms with Crippen LogP contribution in [0.4, 0.5) is 15.6 Å². The summed E-state index contributed by atoms with van der Waals surface area (Å²) in [5.74, 6) is -0.660. The van der Waals surface area contributed by atoms with Gasteiger partial charge in [-0.2, -0.15) is 10.5 Å². The van der Waals surface area contributed by atoms with Gasteiger partial charge in [-0.05, 0) is 55.5 Å². The SMILES string of the molecule is CCOc1ccccc1C1(C2CN(c3nccs3)CCN2C(=O)O)C(=O)N(S(=O)(=O)c2ccc(C#N)cc2)c2ccc(C#N)cc21. The second-order valence-corrected chi connectivity index (χ2v) is 13.2. The zero-order chi connectivity index (χ0) is 32.6. The molecule has 3 heterocycles. The van der Waals surface area contributed by atoms with Crippen LogP contribution in [0.5, 0.6) is 5.75 Å². The van der Waals surface area contributed by atoms with Gasteiger partial charge in [0, 0.05) is 42.3 Å². The van der Waals surface area contributed by atoms with Gasteiger partial charge in [-0.15, -0.1) is 11.3 Å². The number of rotatable bonds is 7. The lowest BCUT2D eigenvalue weighted by Crippen LogP contribution is -2.66. The lowest BCUT2D eigenvalue weighted by molar-refractivity contribution is -0.122. The Bertz CT molecular complexity index is 2020. The highest BCUT2D eigenvalue weighted by atomic mass is 32.2. The molecule has 1 saturated heterocycles. The molecular weight excluding hydrogens is 629 g/mol. The number of hydrogen-bond donors (Lipinski definition) is 1. The van der Waals surface area contributed by atoms with Crippen LogP contribution < -0.4 is 13.9 Å². The highest BCUT2D eigenvalue weighted by Gasteiger charge is 2.63. The van der Waals surface area contributed by atoms with E-state index in [-0.39, 0.29) is 64.8 Å². The van der Waals surface area contributed by atoms with Gasteiger partial charge in [0.25, 0.3) is 15.9 Å². The molecule has 14 heteroatoms. The van der Waals surface area contributed by atoms with E-state index in [4.69, 9.17) is 4.74 Å². The number of piperazine rings is 1. The predicted octanol–water partition coefficient (Wildman–Crippen LogP) is 4.18. The van der Waals surface area contributed by atoms with E-state index in [1.165, 1.54) is 53.8 Å². The fourth-order valence-corrected chi connectivity index (χ4v) is 8.44. The first-order chi connectivity index (χ1) is 22.2. The number of para-hydroxylation sites is 1. The number of carbonyl (C=O) groups is 2. The summed E-state index contributed by atoms with van der Waals surface area (Å²) in [5.41, 5.74) is -1.21. The number of hydrogen-bond acceptors (Lipinski definition) is 10. The number of anilines is 2. The Morgan fingerprint density at radius 1 is 1.07 bits per heavy atom. The molecule has 1 fully saturated rings. The first-order valence-electron chi connectivity index (χ1n) is 14.2. The van der Waals surface area contributed by atoms with Crippen molar-refractivity contribution in [3.05, 3.63) is 101 Å². The number of benzene rings is 3. The van der Waals surface area contributed by atoms with E-state index < -0.39 is 33.5 Å². The Balaban J connectivity index is 1.69. The van der Waals surface area contributed by atoms with E-state index in [9.17, 15) is 28.8 Å². The highest BCUT2D eigenvalue weighted by molar-refractivity contribution is 7.93. The third kappa shape index (κ3) is 4.70. The summed E-state index contributed by atoms with van der Waals surface area (Å²) in [6.45, 7) is 2.22. The number of nitrogens with zero attached hydrogens (tertiary/aromatic N) is 6. The van der Waals surface area contributed by atoms with Crippen molar-refractivity contribution >= 4 is 44.2 Å². The van der Waals surface area contributed by atoms with Crippen LogP contribution in [0.2, 0.25) is 0 Å². The molecule has 0 bridgehead atoms. The number of carbonyl (C=O) groups excluding carboxylic acids is 1. The molecule has 1 aromatic heterocycles. The van der Waals surface area contributed by atoms with Gasteiger partial charge in [0.05, 0.1) is 46.5 Å². The van der Waals surface area contributed by atoms with Crippen LogP contribution in [-0.2, 0) is 20.2 Å². The number of ether oxygens (including phenoxy) is 1. The molecule has 0 aliphatic carbocycles. The maximum Gasteiger partial charge on any atom is 0.407 e. The first-order valence-corrected chi connectivity index (χ1v) is 16.5. The van der Waals surface area contributed by atoms with Crippen molar-refractivity contribution in [2.75, 3.05) is 35.4 Å². The van der Waals surface area contributed by atoms with Crippen molar-refractivity contribution in [1.29, 1.82) is 10.5 Å². The van der Waals surface area contributed by atoms with E-state index in [2.05, 4.69) is 11.1 Å². The second-order valence-electron chi connectivity index (χ2n) is 10.5. The molecule has 6 rings (SSSR count). The molecule has 232 valence electrons. The number of thiazole rings is 1. The van der Waals surface area contributed by atoms with Crippen LogP contribution in [0.25, 0.3) is 0 Å². The average Bonchev–Trinajstić information content (AvgIpc) is 3.70. The third-order valence-corrected chi connectivity index (χ3v) is 10.8. The second kappa shape index (κ2) is 11.8. The molecule has 3 aromatic carbocycles. The standard InChI is InChI=1S/C32H26N6O6S2/c1-2-44-27-6-4-3-5-24(27)32(28-20-36(30-35-13-16-45-30)14-15-37(28)31(40)41)25-17-22(19-34)9-12-26(25)38(29(32)39)46(42,43)23-10-7-21(18-33)8-11-23/h3-13,16-17,28H,2,14-15,20H2,1H3,(H,40,41). The Kier molecular flexibility index (Phi) is 7.85. The molecule has 2 unspecified atom stereocenters. The smallest absolute Gasteiger partial charge is 0.407 e. The fraction of sp³-hybridized carbons (Fsp3) is 0.219. The maximum atomic E-state index is 15.3. The van der Waals surface area contributed by atoms with Gasteiger partial charge in [-0.3, -0.25) is 4.79 Å². The van der Waals surface area contributed by atoms with Crippen molar-refractivity contribution < 1.29 is 27.9 Å². The number of fused-ring (bicyclic) bond motifs is 1. The minimum absolute atomic E-state index is 0.0128. The Labute approximate surface area is 269 Å². The molecule has 46 heavy (non-hydrogen) atoms. The van der Waals surface area contributed by atoms with E-state index in [0.29, 0.717) is 9.44 Å². The molecule has 1 N–H and O–H groups in total. The van der Waals surface area contributed by atoms with Gasteiger partial charge in [-0.1, -0.05) is 18.2 Å². The molecule has 2 aliphatic heterocycles. The Morgan fingerprint density at radius 2 is 1.78 bits per heavy atom. The molecule has 12 nitrogen and oxygen atoms in total. The molecule has 0 radical (unpaired) electrons. The summed E-state index contributed by atoms with van der Waals surface area (Å²) in [6.07, 6.45) is 0.330. The van der Waals surface area contributed by atoms with Crippen LogP contribution in [0.15, 0.2) is 83.2 Å². The largest absolute Gasteiger partial charge is 0.494 e. The number of nitriles is 2. The van der Waals surface area contributed by atoms with Crippen LogP contribution in [-0.4, -0.2) is 67.7 Å². The Morgan fingerprint density at radius 3 is 2.43 bits per heavy atom. The van der Waals surface area contributed by atoms with Crippen molar-refractivity contribution in [2.45, 2.75) is 23.3 Å². The minimum atomic E-state index is -4.62. The molecule has 0 saturated carbocycles. The highest BCUT2D eigenvalue weighted by Crippen LogP contribution is 2.54. The van der Waals surface area contributed by atoms with Crippen LogP contribution >= 0.6 is 11.3 Å². The molecule has 2 amide bonds. The lowest BCUT2D eigenvalue weighted by Gasteiger charge is -2.48.